The quantitative estimate of drug-likeness (QED) is 0.260. The molecule has 3 atom stereocenters. The van der Waals surface area contributed by atoms with Crippen molar-refractivity contribution >= 4 is 23.9 Å². The van der Waals surface area contributed by atoms with Crippen molar-refractivity contribution < 1.29 is 44.7 Å². The first-order valence-electron chi connectivity index (χ1n) is 8.54. The number of nitrogens with two attached hydrogens (primary N) is 2. The second kappa shape index (κ2) is 19.5. The molecule has 12 heteroatoms. The van der Waals surface area contributed by atoms with E-state index in [4.69, 9.17) is 46.6 Å². The maximum atomic E-state index is 10.3. The molecule has 1 aliphatic rings. The van der Waals surface area contributed by atoms with Gasteiger partial charge in [0.15, 0.2) is 0 Å². The SMILES string of the molecule is CC(=O)O.CC(=O)O.NC1CCCCC1N.O=C(O)CNC(CCO)C(=O)O. The fourth-order valence-electron chi connectivity index (χ4n) is 1.84. The zero-order valence-corrected chi connectivity index (χ0v) is 16.2. The number of rotatable bonds is 6. The lowest BCUT2D eigenvalue weighted by Gasteiger charge is -2.24. The lowest BCUT2D eigenvalue weighted by molar-refractivity contribution is -0.141. The van der Waals surface area contributed by atoms with E-state index >= 15 is 0 Å². The van der Waals surface area contributed by atoms with Gasteiger partial charge in [-0.05, 0) is 19.3 Å². The number of carboxylic acid groups (broad SMARTS) is 4. The molecule has 0 aromatic heterocycles. The third kappa shape index (κ3) is 28.5. The topological polar surface area (TPSA) is 233 Å². The van der Waals surface area contributed by atoms with Crippen LogP contribution >= 0.6 is 0 Å². The van der Waals surface area contributed by atoms with Gasteiger partial charge in [-0.25, -0.2) is 0 Å². The molecule has 166 valence electrons. The molecule has 0 heterocycles. The number of aliphatic carboxylic acids is 4. The molecule has 0 aromatic rings. The molecule has 0 amide bonds. The highest BCUT2D eigenvalue weighted by molar-refractivity contribution is 5.75. The summed E-state index contributed by atoms with van der Waals surface area (Å²) in [6.07, 6.45) is 4.80. The Kier molecular flexibility index (Phi) is 21.2. The minimum Gasteiger partial charge on any atom is -0.481 e. The second-order valence-electron chi connectivity index (χ2n) is 5.83. The van der Waals surface area contributed by atoms with Gasteiger partial charge in [-0.3, -0.25) is 24.5 Å². The van der Waals surface area contributed by atoms with Crippen molar-refractivity contribution in [3.8, 4) is 0 Å². The Morgan fingerprint density at radius 2 is 1.29 bits per heavy atom. The molecule has 1 rings (SSSR count). The number of hydrogen-bond donors (Lipinski definition) is 8. The lowest BCUT2D eigenvalue weighted by Crippen LogP contribution is -2.43. The molecule has 1 fully saturated rings. The Hall–Kier alpha value is -2.28. The molecular weight excluding hydrogens is 378 g/mol. The predicted molar refractivity (Wildman–Crippen MR) is 99.8 cm³/mol. The van der Waals surface area contributed by atoms with Crippen LogP contribution < -0.4 is 16.8 Å². The first-order chi connectivity index (χ1) is 12.8. The number of carboxylic acids is 4. The van der Waals surface area contributed by atoms with Gasteiger partial charge < -0.3 is 37.0 Å². The molecule has 1 aliphatic carbocycles. The molecule has 28 heavy (non-hydrogen) atoms. The average Bonchev–Trinajstić information content (AvgIpc) is 2.53. The molecule has 0 aromatic carbocycles. The predicted octanol–water partition coefficient (Wildman–Crippen LogP) is -1.11. The summed E-state index contributed by atoms with van der Waals surface area (Å²) in [6.45, 7) is 1.46. The normalized spacial score (nSPS) is 18.5. The summed E-state index contributed by atoms with van der Waals surface area (Å²) in [7, 11) is 0. The fourth-order valence-corrected chi connectivity index (χ4v) is 1.84. The van der Waals surface area contributed by atoms with E-state index < -0.39 is 36.5 Å². The lowest BCUT2D eigenvalue weighted by atomic mass is 9.92. The van der Waals surface area contributed by atoms with Crippen molar-refractivity contribution in [1.29, 1.82) is 0 Å². The maximum Gasteiger partial charge on any atom is 0.320 e. The zero-order valence-electron chi connectivity index (χ0n) is 16.2. The van der Waals surface area contributed by atoms with Gasteiger partial charge in [-0.2, -0.15) is 0 Å². The fraction of sp³-hybridized carbons (Fsp3) is 0.750. The van der Waals surface area contributed by atoms with Gasteiger partial charge in [0.05, 0.1) is 6.54 Å². The Morgan fingerprint density at radius 3 is 1.50 bits per heavy atom. The summed E-state index contributed by atoms with van der Waals surface area (Å²) in [5.74, 6) is -3.95. The van der Waals surface area contributed by atoms with Gasteiger partial charge in [-0.1, -0.05) is 12.8 Å². The maximum absolute atomic E-state index is 10.3. The molecule has 0 aliphatic heterocycles. The van der Waals surface area contributed by atoms with Crippen LogP contribution in [0.25, 0.3) is 0 Å². The Labute approximate surface area is 163 Å². The van der Waals surface area contributed by atoms with E-state index in [1.54, 1.807) is 0 Å². The first-order valence-corrected chi connectivity index (χ1v) is 8.54. The highest BCUT2D eigenvalue weighted by Gasteiger charge is 2.17. The monoisotopic (exact) mass is 411 g/mol. The van der Waals surface area contributed by atoms with E-state index in [9.17, 15) is 9.59 Å². The van der Waals surface area contributed by atoms with E-state index in [0.717, 1.165) is 26.7 Å². The van der Waals surface area contributed by atoms with E-state index in [1.165, 1.54) is 12.8 Å². The van der Waals surface area contributed by atoms with E-state index in [2.05, 4.69) is 5.32 Å². The van der Waals surface area contributed by atoms with Crippen LogP contribution in [0.2, 0.25) is 0 Å². The summed E-state index contributed by atoms with van der Waals surface area (Å²) in [6, 6.07) is -0.432. The summed E-state index contributed by atoms with van der Waals surface area (Å²) in [4.78, 5) is 38.3. The van der Waals surface area contributed by atoms with Crippen LogP contribution in [0.4, 0.5) is 0 Å². The van der Waals surface area contributed by atoms with Gasteiger partial charge in [-0.15, -0.1) is 0 Å². The highest BCUT2D eigenvalue weighted by atomic mass is 16.4. The summed E-state index contributed by atoms with van der Waals surface area (Å²) >= 11 is 0. The van der Waals surface area contributed by atoms with Crippen LogP contribution in [0.15, 0.2) is 0 Å². The molecule has 3 unspecified atom stereocenters. The molecule has 0 saturated heterocycles. The standard InChI is InChI=1S/C6H14N2.C6H11NO5.2C2H4O2/c7-5-3-1-2-4-6(5)8;8-2-1-4(6(11)12)7-3-5(9)10;2*1-2(3)4/h5-6H,1-4,7-8H2;4,7-8H,1-3H2,(H,9,10)(H,11,12);2*1H3,(H,3,4). The third-order valence-electron chi connectivity index (χ3n) is 3.09. The van der Waals surface area contributed by atoms with E-state index in [0.29, 0.717) is 0 Å². The minimum atomic E-state index is -1.16. The minimum absolute atomic E-state index is 0.00259. The number of carbonyl (C=O) groups is 4. The highest BCUT2D eigenvalue weighted by Crippen LogP contribution is 2.14. The van der Waals surface area contributed by atoms with Crippen LogP contribution in [0.5, 0.6) is 0 Å². The van der Waals surface area contributed by atoms with Gasteiger partial charge in [0.2, 0.25) is 0 Å². The van der Waals surface area contributed by atoms with E-state index in [-0.39, 0.29) is 25.1 Å². The molecule has 10 N–H and O–H groups in total. The van der Waals surface area contributed by atoms with Gasteiger partial charge >= 0.3 is 11.9 Å². The average molecular weight is 411 g/mol. The van der Waals surface area contributed by atoms with Crippen molar-refractivity contribution in [2.45, 2.75) is 64.1 Å². The van der Waals surface area contributed by atoms with Crippen LogP contribution in [-0.4, -0.2) is 80.7 Å². The Bertz CT molecular complexity index is 431. The zero-order chi connectivity index (χ0) is 22.7. The molecule has 0 spiro atoms. The van der Waals surface area contributed by atoms with Gasteiger partial charge in [0.1, 0.15) is 6.04 Å². The van der Waals surface area contributed by atoms with Crippen molar-refractivity contribution in [2.24, 2.45) is 11.5 Å². The summed E-state index contributed by atoms with van der Waals surface area (Å²) in [5.41, 5.74) is 11.3. The van der Waals surface area contributed by atoms with Gasteiger partial charge in [0.25, 0.3) is 11.9 Å². The molecule has 0 radical (unpaired) electrons. The van der Waals surface area contributed by atoms with Crippen LogP contribution in [0, 0.1) is 0 Å². The van der Waals surface area contributed by atoms with Crippen molar-refractivity contribution in [1.82, 2.24) is 5.32 Å². The smallest absolute Gasteiger partial charge is 0.320 e. The van der Waals surface area contributed by atoms with Gasteiger partial charge in [0, 0.05) is 32.5 Å². The van der Waals surface area contributed by atoms with Crippen molar-refractivity contribution in [3.05, 3.63) is 0 Å². The second-order valence-corrected chi connectivity index (χ2v) is 5.83. The number of aliphatic hydroxyl groups excluding tert-OH is 1. The molecule has 1 saturated carbocycles. The van der Waals surface area contributed by atoms with Crippen LogP contribution in [-0.2, 0) is 19.2 Å². The largest absolute Gasteiger partial charge is 0.481 e. The summed E-state index contributed by atoms with van der Waals surface area (Å²) in [5, 5.41) is 42.1. The first kappa shape index (κ1) is 30.4. The number of hydrogen-bond acceptors (Lipinski definition) is 8. The van der Waals surface area contributed by atoms with Crippen molar-refractivity contribution in [2.75, 3.05) is 13.2 Å². The molecular formula is C16H33N3O9. The van der Waals surface area contributed by atoms with E-state index in [1.807, 2.05) is 0 Å². The Balaban J connectivity index is -0.000000334. The van der Waals surface area contributed by atoms with Crippen LogP contribution in [0.3, 0.4) is 0 Å². The van der Waals surface area contributed by atoms with Crippen LogP contribution in [0.1, 0.15) is 46.0 Å². The van der Waals surface area contributed by atoms with Crippen molar-refractivity contribution in [3.63, 3.8) is 0 Å². The third-order valence-corrected chi connectivity index (χ3v) is 3.09. The number of aliphatic hydroxyl groups is 1. The molecule has 0 bridgehead atoms. The number of nitrogens with one attached hydrogen (secondary N) is 1. The summed E-state index contributed by atoms with van der Waals surface area (Å²) < 4.78 is 0. The Morgan fingerprint density at radius 1 is 0.929 bits per heavy atom. The molecule has 12 nitrogen and oxygen atoms in total.